The van der Waals surface area contributed by atoms with E-state index in [1.165, 1.54) is 0 Å². The van der Waals surface area contributed by atoms with E-state index < -0.39 is 0 Å². The molecule has 2 heteroatoms. The Morgan fingerprint density at radius 1 is 1.40 bits per heavy atom. The molecule has 0 aromatic heterocycles. The third-order valence-corrected chi connectivity index (χ3v) is 2.19. The molecule has 0 aliphatic carbocycles. The van der Waals surface area contributed by atoms with Crippen molar-refractivity contribution in [3.05, 3.63) is 42.5 Å². The number of hydrogen-bond donors (Lipinski definition) is 0. The van der Waals surface area contributed by atoms with E-state index in [4.69, 9.17) is 4.74 Å². The van der Waals surface area contributed by atoms with Crippen LogP contribution in [0.5, 0.6) is 5.75 Å². The second-order valence-corrected chi connectivity index (χ2v) is 3.01. The van der Waals surface area contributed by atoms with Crippen molar-refractivity contribution in [3.8, 4) is 5.75 Å². The molecule has 0 N–H and O–H groups in total. The number of ketones is 1. The van der Waals surface area contributed by atoms with E-state index in [1.54, 1.807) is 12.1 Å². The molecule has 1 aliphatic rings. The van der Waals surface area contributed by atoms with Crippen LogP contribution in [0.1, 0.15) is 24.2 Å². The van der Waals surface area contributed by atoms with Gasteiger partial charge in [-0.3, -0.25) is 4.79 Å². The van der Waals surface area contributed by atoms with Crippen LogP contribution in [0.25, 0.3) is 0 Å². The number of hydrogen-bond acceptors (Lipinski definition) is 2. The number of carbonyl (C=O) groups is 1. The van der Waals surface area contributed by atoms with E-state index in [9.17, 15) is 4.79 Å². The van der Waals surface area contributed by atoms with Crippen molar-refractivity contribution >= 4 is 5.78 Å². The van der Waals surface area contributed by atoms with Gasteiger partial charge in [-0.15, -0.1) is 6.58 Å². The van der Waals surface area contributed by atoms with Gasteiger partial charge in [0.25, 0.3) is 0 Å². The van der Waals surface area contributed by atoms with Gasteiger partial charge in [-0.2, -0.15) is 0 Å². The second kappa shape index (κ2) is 5.35. The van der Waals surface area contributed by atoms with E-state index in [-0.39, 0.29) is 11.7 Å². The molecule has 0 bridgehead atoms. The Balaban J connectivity index is 0.000000531. The minimum Gasteiger partial charge on any atom is -0.492 e. The molecule has 1 aliphatic heterocycles. The van der Waals surface area contributed by atoms with E-state index in [0.29, 0.717) is 17.9 Å². The monoisotopic (exact) mass is 204 g/mol. The Kier molecular flexibility index (Phi) is 4.10. The molecule has 0 radical (unpaired) electrons. The summed E-state index contributed by atoms with van der Waals surface area (Å²) in [6.07, 6.45) is 1.64. The van der Waals surface area contributed by atoms with Crippen molar-refractivity contribution < 1.29 is 9.53 Å². The minimum absolute atomic E-state index is 0.108. The Morgan fingerprint density at radius 2 is 2.07 bits per heavy atom. The zero-order valence-corrected chi connectivity index (χ0v) is 9.19. The molecule has 80 valence electrons. The fourth-order valence-electron chi connectivity index (χ4n) is 1.43. The van der Waals surface area contributed by atoms with Gasteiger partial charge in [0.2, 0.25) is 0 Å². The molecule has 1 aromatic rings. The Labute approximate surface area is 90.6 Å². The van der Waals surface area contributed by atoms with Gasteiger partial charge < -0.3 is 4.74 Å². The molecule has 2 rings (SSSR count). The molecule has 0 amide bonds. The predicted molar refractivity (Wildman–Crippen MR) is 61.3 cm³/mol. The number of rotatable bonds is 1. The molecule has 2 nitrogen and oxygen atoms in total. The van der Waals surface area contributed by atoms with Crippen LogP contribution in [0, 0.1) is 5.92 Å². The van der Waals surface area contributed by atoms with Crippen LogP contribution >= 0.6 is 0 Å². The first-order valence-corrected chi connectivity index (χ1v) is 5.21. The molecule has 0 saturated heterocycles. The quantitative estimate of drug-likeness (QED) is 0.657. The molecule has 15 heavy (non-hydrogen) atoms. The maximum absolute atomic E-state index is 11.7. The van der Waals surface area contributed by atoms with Gasteiger partial charge in [-0.1, -0.05) is 32.1 Å². The van der Waals surface area contributed by atoms with E-state index >= 15 is 0 Å². The van der Waals surface area contributed by atoms with Gasteiger partial charge >= 0.3 is 0 Å². The van der Waals surface area contributed by atoms with Gasteiger partial charge in [0.1, 0.15) is 12.4 Å². The average molecular weight is 204 g/mol. The summed E-state index contributed by atoms with van der Waals surface area (Å²) >= 11 is 0. The zero-order chi connectivity index (χ0) is 11.3. The van der Waals surface area contributed by atoms with Crippen molar-refractivity contribution in [2.24, 2.45) is 5.92 Å². The number of benzene rings is 1. The highest BCUT2D eigenvalue weighted by molar-refractivity contribution is 6.02. The molecule has 0 saturated carbocycles. The normalized spacial score (nSPS) is 18.0. The molecule has 0 unspecified atom stereocenters. The molecule has 1 aromatic carbocycles. The van der Waals surface area contributed by atoms with Crippen molar-refractivity contribution in [1.82, 2.24) is 0 Å². The zero-order valence-electron chi connectivity index (χ0n) is 9.19. The first-order valence-electron chi connectivity index (χ1n) is 5.21. The lowest BCUT2D eigenvalue weighted by Gasteiger charge is -2.21. The highest BCUT2D eigenvalue weighted by atomic mass is 16.5. The van der Waals surface area contributed by atoms with Gasteiger partial charge in [0.15, 0.2) is 5.78 Å². The highest BCUT2D eigenvalue weighted by Crippen LogP contribution is 2.26. The lowest BCUT2D eigenvalue weighted by Crippen LogP contribution is -2.25. The van der Waals surface area contributed by atoms with Crippen LogP contribution in [-0.4, -0.2) is 12.4 Å². The van der Waals surface area contributed by atoms with Crippen LogP contribution in [0.15, 0.2) is 36.9 Å². The van der Waals surface area contributed by atoms with Crippen molar-refractivity contribution in [3.63, 3.8) is 0 Å². The molecule has 1 atom stereocenters. The van der Waals surface area contributed by atoms with Crippen molar-refractivity contribution in [1.29, 1.82) is 0 Å². The Bertz CT molecular complexity index is 355. The Morgan fingerprint density at radius 3 is 2.73 bits per heavy atom. The maximum Gasteiger partial charge on any atom is 0.176 e. The van der Waals surface area contributed by atoms with E-state index in [1.807, 2.05) is 32.0 Å². The topological polar surface area (TPSA) is 26.3 Å². The number of fused-ring (bicyclic) bond motifs is 1. The fraction of sp³-hybridized carbons (Fsp3) is 0.308. The SMILES string of the molecule is C=C[C@@H]1COc2ccccc2C1=O.CC. The van der Waals surface area contributed by atoms with E-state index in [2.05, 4.69) is 6.58 Å². The van der Waals surface area contributed by atoms with Crippen molar-refractivity contribution in [2.45, 2.75) is 13.8 Å². The average Bonchev–Trinajstić information content (AvgIpc) is 2.33. The highest BCUT2D eigenvalue weighted by Gasteiger charge is 2.25. The third kappa shape index (κ3) is 2.27. The third-order valence-electron chi connectivity index (χ3n) is 2.19. The molecule has 1 heterocycles. The summed E-state index contributed by atoms with van der Waals surface area (Å²) < 4.78 is 5.41. The molecule has 0 spiro atoms. The number of ether oxygens (including phenoxy) is 1. The summed E-state index contributed by atoms with van der Waals surface area (Å²) in [5.41, 5.74) is 0.665. The van der Waals surface area contributed by atoms with Gasteiger partial charge in [0, 0.05) is 0 Å². The van der Waals surface area contributed by atoms with E-state index in [0.717, 1.165) is 0 Å². The summed E-state index contributed by atoms with van der Waals surface area (Å²) in [7, 11) is 0. The lowest BCUT2D eigenvalue weighted by atomic mass is 9.95. The molecular weight excluding hydrogens is 188 g/mol. The fourth-order valence-corrected chi connectivity index (χ4v) is 1.43. The lowest BCUT2D eigenvalue weighted by molar-refractivity contribution is 0.0874. The molecule has 0 fully saturated rings. The first-order chi connectivity index (χ1) is 7.33. The van der Waals surface area contributed by atoms with Gasteiger partial charge in [-0.05, 0) is 12.1 Å². The number of para-hydroxylation sites is 1. The van der Waals surface area contributed by atoms with Gasteiger partial charge in [0.05, 0.1) is 11.5 Å². The van der Waals surface area contributed by atoms with Gasteiger partial charge in [-0.25, -0.2) is 0 Å². The Hall–Kier alpha value is -1.57. The largest absolute Gasteiger partial charge is 0.492 e. The van der Waals surface area contributed by atoms with Crippen LogP contribution in [0.4, 0.5) is 0 Å². The summed E-state index contributed by atoms with van der Waals surface area (Å²) in [5, 5.41) is 0. The summed E-state index contributed by atoms with van der Waals surface area (Å²) in [4.78, 5) is 11.7. The number of Topliss-reactive ketones (excluding diaryl/α,β-unsaturated/α-hetero) is 1. The summed E-state index contributed by atoms with van der Waals surface area (Å²) in [6.45, 7) is 8.02. The van der Waals surface area contributed by atoms with Crippen LogP contribution in [0.2, 0.25) is 0 Å². The van der Waals surface area contributed by atoms with Crippen LogP contribution in [0.3, 0.4) is 0 Å². The predicted octanol–water partition coefficient (Wildman–Crippen LogP) is 3.09. The summed E-state index contributed by atoms with van der Waals surface area (Å²) in [5.74, 6) is 0.609. The second-order valence-electron chi connectivity index (χ2n) is 3.01. The van der Waals surface area contributed by atoms with Crippen LogP contribution < -0.4 is 4.74 Å². The van der Waals surface area contributed by atoms with Crippen molar-refractivity contribution in [2.75, 3.05) is 6.61 Å². The smallest absolute Gasteiger partial charge is 0.176 e. The molecular formula is C13H16O2. The summed E-state index contributed by atoms with van der Waals surface area (Å²) in [6, 6.07) is 7.30. The first kappa shape index (κ1) is 11.5. The number of carbonyl (C=O) groups excluding carboxylic acids is 1. The maximum atomic E-state index is 11.7. The minimum atomic E-state index is -0.185. The van der Waals surface area contributed by atoms with Crippen LogP contribution in [-0.2, 0) is 0 Å². The standard InChI is InChI=1S/C11H10O2.C2H6/c1-2-8-7-13-10-6-4-3-5-9(10)11(8)12;1-2/h2-6,8H,1,7H2;1-2H3/t8-;/m1./s1.